The number of hydrogen-bond acceptors (Lipinski definition) is 8. The number of carboxylic acids is 1. The predicted octanol–water partition coefficient (Wildman–Crippen LogP) is 8.03. The van der Waals surface area contributed by atoms with E-state index in [1.54, 1.807) is 54.4 Å². The number of nitrogens with zero attached hydrogens (tertiary/aromatic N) is 1. The van der Waals surface area contributed by atoms with Gasteiger partial charge in [0.1, 0.15) is 17.2 Å². The summed E-state index contributed by atoms with van der Waals surface area (Å²) >= 11 is 1.58. The molecule has 4 aromatic carbocycles. The van der Waals surface area contributed by atoms with Gasteiger partial charge in [0, 0.05) is 26.4 Å². The van der Waals surface area contributed by atoms with E-state index in [0.29, 0.717) is 28.8 Å². The van der Waals surface area contributed by atoms with Crippen LogP contribution in [0, 0.1) is 16.5 Å². The van der Waals surface area contributed by atoms with Crippen molar-refractivity contribution in [3.05, 3.63) is 130 Å². The van der Waals surface area contributed by atoms with Crippen LogP contribution in [0.25, 0.3) is 4.85 Å². The number of hydrogen-bond donors (Lipinski definition) is 3. The van der Waals surface area contributed by atoms with Crippen LogP contribution in [0.5, 0.6) is 17.2 Å². The highest BCUT2D eigenvalue weighted by molar-refractivity contribution is 7.97. The molecule has 0 aliphatic heterocycles. The fourth-order valence-electron chi connectivity index (χ4n) is 4.63. The maximum atomic E-state index is 12.6. The van der Waals surface area contributed by atoms with Gasteiger partial charge in [-0.1, -0.05) is 24.3 Å². The molecular formula is C33H29N3O7S. The molecule has 0 saturated heterocycles. The first-order valence-corrected chi connectivity index (χ1v) is 14.5. The molecule has 10 nitrogen and oxygen atoms in total. The zero-order chi connectivity index (χ0) is 31.3. The number of ether oxygens (including phenoxy) is 2. The summed E-state index contributed by atoms with van der Waals surface area (Å²) < 4.78 is 15.7. The molecule has 4 aromatic rings. The fraction of sp³-hybridized carbons (Fsp3) is 0.182. The fourth-order valence-corrected chi connectivity index (χ4v) is 5.49. The van der Waals surface area contributed by atoms with Crippen LogP contribution in [0.2, 0.25) is 0 Å². The molecule has 11 heteroatoms. The number of aromatic carboxylic acids is 1. The summed E-state index contributed by atoms with van der Waals surface area (Å²) in [5.74, 6) is 0.477. The molecule has 0 bridgehead atoms. The van der Waals surface area contributed by atoms with Gasteiger partial charge in [-0.2, -0.15) is 0 Å². The molecule has 0 spiro atoms. The largest absolute Gasteiger partial charge is 0.490 e. The molecule has 0 atom stereocenters. The number of para-hydroxylation sites is 1. The highest BCUT2D eigenvalue weighted by Gasteiger charge is 2.22. The summed E-state index contributed by atoms with van der Waals surface area (Å²) in [6.45, 7) is 7.16. The Labute approximate surface area is 258 Å². The topological polar surface area (TPSA) is 135 Å². The minimum absolute atomic E-state index is 0.0262. The van der Waals surface area contributed by atoms with E-state index in [4.69, 9.17) is 26.0 Å². The van der Waals surface area contributed by atoms with Crippen molar-refractivity contribution in [2.24, 2.45) is 0 Å². The molecule has 1 aliphatic rings. The number of anilines is 1. The molecular weight excluding hydrogens is 582 g/mol. The van der Waals surface area contributed by atoms with Gasteiger partial charge in [-0.05, 0) is 110 Å². The Balaban J connectivity index is 0.00000216. The lowest BCUT2D eigenvalue weighted by molar-refractivity contribution is 0.0698. The van der Waals surface area contributed by atoms with Gasteiger partial charge in [-0.15, -0.1) is 0 Å². The summed E-state index contributed by atoms with van der Waals surface area (Å²) in [6, 6.07) is 28.4. The number of benzene rings is 4. The summed E-state index contributed by atoms with van der Waals surface area (Å²) in [5.41, 5.74) is 1.29. The Hall–Kier alpha value is -5.18. The van der Waals surface area contributed by atoms with E-state index in [1.165, 1.54) is 6.07 Å². The highest BCUT2D eigenvalue weighted by atomic mass is 32.2. The quantitative estimate of drug-likeness (QED) is 0.120. The second kappa shape index (κ2) is 15.9. The predicted molar refractivity (Wildman–Crippen MR) is 169 cm³/mol. The Bertz CT molecular complexity index is 1600. The summed E-state index contributed by atoms with van der Waals surface area (Å²) in [4.78, 5) is 42.5. The van der Waals surface area contributed by atoms with Crippen molar-refractivity contribution >= 4 is 35.2 Å². The molecule has 0 heterocycles. The van der Waals surface area contributed by atoms with Gasteiger partial charge in [0.25, 0.3) is 5.91 Å². The average molecular weight is 612 g/mol. The molecule has 5 rings (SSSR count). The molecule has 0 radical (unpaired) electrons. The van der Waals surface area contributed by atoms with E-state index in [0.717, 1.165) is 36.3 Å². The lowest BCUT2D eigenvalue weighted by atomic mass is 9.94. The summed E-state index contributed by atoms with van der Waals surface area (Å²) in [5, 5.41) is 12.0. The lowest BCUT2D eigenvalue weighted by Crippen LogP contribution is -2.33. The lowest BCUT2D eigenvalue weighted by Gasteiger charge is -2.29. The first-order chi connectivity index (χ1) is 21.5. The molecule has 1 aliphatic carbocycles. The first-order valence-electron chi connectivity index (χ1n) is 13.7. The van der Waals surface area contributed by atoms with Crippen LogP contribution in [0.1, 0.15) is 46.4 Å². The Morgan fingerprint density at radius 1 is 0.818 bits per heavy atom. The first kappa shape index (κ1) is 31.7. The molecule has 1 amide bonds. The standard InChI is InChI=1S/C33H29N3O5S.O2/c1-34-24-5-4-6-29(21-24)42-36-23-11-15-26(16-12-23)41-28-19-17-27(18-20-28)40-25-13-9-22(10-14-25)32(37)35-31-8-3-2-7-30(31)33(38)39;1-2/h2-10,13-14,17-21,23,26,36H,11-12,15-16H2,(H,35,37)(H,38,39);. The van der Waals surface area contributed by atoms with Crippen molar-refractivity contribution in [3.8, 4) is 17.2 Å². The van der Waals surface area contributed by atoms with Gasteiger partial charge in [-0.3, -0.25) is 9.52 Å². The smallest absolute Gasteiger partial charge is 0.337 e. The van der Waals surface area contributed by atoms with Crippen LogP contribution >= 0.6 is 11.9 Å². The highest BCUT2D eigenvalue weighted by Crippen LogP contribution is 2.29. The van der Waals surface area contributed by atoms with Gasteiger partial charge in [0.2, 0.25) is 0 Å². The Morgan fingerprint density at radius 2 is 1.45 bits per heavy atom. The minimum Gasteiger partial charge on any atom is -0.490 e. The summed E-state index contributed by atoms with van der Waals surface area (Å²) in [7, 11) is 0. The van der Waals surface area contributed by atoms with Crippen LogP contribution in [-0.4, -0.2) is 29.1 Å². The molecule has 44 heavy (non-hydrogen) atoms. The third-order valence-corrected chi connectivity index (χ3v) is 7.79. The SMILES string of the molecule is O=O.[C-]#[N+]c1cccc(SNC2CCC(Oc3ccc(Oc4ccc(C(=O)Nc5ccccc5C(=O)O)cc4)cc3)CC2)c1. The van der Waals surface area contributed by atoms with E-state index < -0.39 is 11.9 Å². The number of nitrogens with one attached hydrogen (secondary N) is 2. The van der Waals surface area contributed by atoms with Crippen molar-refractivity contribution in [3.63, 3.8) is 0 Å². The molecule has 0 unspecified atom stereocenters. The maximum Gasteiger partial charge on any atom is 0.337 e. The number of carbonyl (C=O) groups excluding carboxylic acids is 1. The van der Waals surface area contributed by atoms with Gasteiger partial charge >= 0.3 is 5.97 Å². The average Bonchev–Trinajstić information content (AvgIpc) is 3.07. The summed E-state index contributed by atoms with van der Waals surface area (Å²) in [6.07, 6.45) is 4.11. The molecule has 224 valence electrons. The van der Waals surface area contributed by atoms with Crippen molar-refractivity contribution in [2.45, 2.75) is 42.7 Å². The van der Waals surface area contributed by atoms with Gasteiger partial charge in [-0.25, -0.2) is 9.64 Å². The van der Waals surface area contributed by atoms with Crippen molar-refractivity contribution in [2.75, 3.05) is 5.32 Å². The maximum absolute atomic E-state index is 12.6. The van der Waals surface area contributed by atoms with Crippen LogP contribution in [0.4, 0.5) is 11.4 Å². The second-order valence-corrected chi connectivity index (χ2v) is 10.7. The Morgan fingerprint density at radius 3 is 2.11 bits per heavy atom. The van der Waals surface area contributed by atoms with E-state index in [2.05, 4.69) is 14.9 Å². The van der Waals surface area contributed by atoms with Crippen LogP contribution < -0.4 is 19.5 Å². The third kappa shape index (κ3) is 8.91. The Kier molecular flexibility index (Phi) is 11.5. The van der Waals surface area contributed by atoms with E-state index >= 15 is 0 Å². The van der Waals surface area contributed by atoms with Crippen LogP contribution in [-0.2, 0) is 0 Å². The van der Waals surface area contributed by atoms with Crippen molar-refractivity contribution < 1.29 is 24.2 Å². The van der Waals surface area contributed by atoms with Crippen LogP contribution in [0.3, 0.4) is 0 Å². The molecule has 0 aromatic heterocycles. The third-order valence-electron chi connectivity index (χ3n) is 6.85. The monoisotopic (exact) mass is 611 g/mol. The number of rotatable bonds is 10. The van der Waals surface area contributed by atoms with E-state index in [-0.39, 0.29) is 17.4 Å². The zero-order valence-electron chi connectivity index (χ0n) is 23.5. The van der Waals surface area contributed by atoms with Crippen LogP contribution in [0.15, 0.2) is 102 Å². The minimum atomic E-state index is -1.11. The molecule has 1 saturated carbocycles. The van der Waals surface area contributed by atoms with Gasteiger partial charge < -0.3 is 19.9 Å². The normalized spacial score (nSPS) is 15.5. The number of amides is 1. The zero-order valence-corrected chi connectivity index (χ0v) is 24.3. The number of carboxylic acid groups (broad SMARTS) is 1. The number of carbonyl (C=O) groups is 2. The van der Waals surface area contributed by atoms with Gasteiger partial charge in [0.15, 0.2) is 5.69 Å². The van der Waals surface area contributed by atoms with Crippen molar-refractivity contribution in [1.82, 2.24) is 4.72 Å². The van der Waals surface area contributed by atoms with E-state index in [1.807, 2.05) is 48.5 Å². The van der Waals surface area contributed by atoms with Crippen molar-refractivity contribution in [1.29, 1.82) is 0 Å². The molecule has 1 fully saturated rings. The molecule has 3 N–H and O–H groups in total. The van der Waals surface area contributed by atoms with Gasteiger partial charge in [0.05, 0.1) is 23.9 Å². The second-order valence-electron chi connectivity index (χ2n) is 9.82. The van der Waals surface area contributed by atoms with E-state index in [9.17, 15) is 14.7 Å².